The number of benzene rings is 1. The number of hydrogen-bond acceptors (Lipinski definition) is 5. The molecule has 1 aromatic carbocycles. The number of hydrogen-bond donors (Lipinski definition) is 1. The van der Waals surface area contributed by atoms with E-state index in [2.05, 4.69) is 4.98 Å². The van der Waals surface area contributed by atoms with Gasteiger partial charge in [0.2, 0.25) is 12.7 Å². The molecule has 0 radical (unpaired) electrons. The standard InChI is InChI=1S/C12H12N2O3/c1-7-12(14-11(5-13)17-7)8-2-3-9-10(4-8)16-6-15-9/h2-4H,5-6,13H2,1H3. The molecule has 5 heteroatoms. The van der Waals surface area contributed by atoms with Crippen molar-refractivity contribution in [2.24, 2.45) is 5.73 Å². The molecule has 0 atom stereocenters. The first-order chi connectivity index (χ1) is 8.28. The molecule has 1 aliphatic rings. The minimum absolute atomic E-state index is 0.268. The van der Waals surface area contributed by atoms with Crippen LogP contribution in [0.5, 0.6) is 11.5 Å². The van der Waals surface area contributed by atoms with E-state index in [0.717, 1.165) is 28.5 Å². The predicted octanol–water partition coefficient (Wildman–Crippen LogP) is 1.84. The van der Waals surface area contributed by atoms with Gasteiger partial charge in [-0.25, -0.2) is 4.98 Å². The first-order valence-corrected chi connectivity index (χ1v) is 5.34. The summed E-state index contributed by atoms with van der Waals surface area (Å²) in [6.07, 6.45) is 0. The van der Waals surface area contributed by atoms with Crippen molar-refractivity contribution in [1.82, 2.24) is 4.98 Å². The number of aryl methyl sites for hydroxylation is 1. The number of oxazole rings is 1. The van der Waals surface area contributed by atoms with Crippen molar-refractivity contribution in [1.29, 1.82) is 0 Å². The van der Waals surface area contributed by atoms with Gasteiger partial charge < -0.3 is 19.6 Å². The SMILES string of the molecule is Cc1oc(CN)nc1-c1ccc2c(c1)OCO2. The van der Waals surface area contributed by atoms with Crippen molar-refractivity contribution in [2.75, 3.05) is 6.79 Å². The first-order valence-electron chi connectivity index (χ1n) is 5.34. The molecule has 1 aliphatic heterocycles. The van der Waals surface area contributed by atoms with Gasteiger partial charge in [-0.15, -0.1) is 0 Å². The van der Waals surface area contributed by atoms with Crippen LogP contribution < -0.4 is 15.2 Å². The Labute approximate surface area is 98.2 Å². The average Bonchev–Trinajstić information content (AvgIpc) is 2.93. The van der Waals surface area contributed by atoms with Crippen LogP contribution >= 0.6 is 0 Å². The number of aromatic nitrogens is 1. The Kier molecular flexibility index (Phi) is 2.26. The molecule has 0 amide bonds. The molecule has 5 nitrogen and oxygen atoms in total. The number of nitrogens with zero attached hydrogens (tertiary/aromatic N) is 1. The van der Waals surface area contributed by atoms with Gasteiger partial charge in [0.05, 0.1) is 6.54 Å². The Balaban J connectivity index is 2.06. The molecular weight excluding hydrogens is 220 g/mol. The fourth-order valence-corrected chi connectivity index (χ4v) is 1.85. The third kappa shape index (κ3) is 1.64. The maximum atomic E-state index is 5.50. The van der Waals surface area contributed by atoms with E-state index < -0.39 is 0 Å². The van der Waals surface area contributed by atoms with Crippen LogP contribution in [0, 0.1) is 6.92 Å². The van der Waals surface area contributed by atoms with E-state index in [4.69, 9.17) is 19.6 Å². The fourth-order valence-electron chi connectivity index (χ4n) is 1.85. The van der Waals surface area contributed by atoms with E-state index in [1.165, 1.54) is 0 Å². The molecule has 0 fully saturated rings. The van der Waals surface area contributed by atoms with Gasteiger partial charge in [0.1, 0.15) is 11.5 Å². The maximum Gasteiger partial charge on any atom is 0.231 e. The minimum atomic E-state index is 0.268. The number of ether oxygens (including phenoxy) is 2. The molecule has 2 N–H and O–H groups in total. The second kappa shape index (κ2) is 3.78. The molecule has 0 saturated carbocycles. The zero-order chi connectivity index (χ0) is 11.8. The Hall–Kier alpha value is -2.01. The summed E-state index contributed by atoms with van der Waals surface area (Å²) in [5.74, 6) is 2.78. The lowest BCUT2D eigenvalue weighted by atomic mass is 10.1. The highest BCUT2D eigenvalue weighted by Crippen LogP contribution is 2.36. The largest absolute Gasteiger partial charge is 0.454 e. The Bertz CT molecular complexity index is 563. The van der Waals surface area contributed by atoms with Crippen LogP contribution in [0.15, 0.2) is 22.6 Å². The van der Waals surface area contributed by atoms with E-state index in [1.807, 2.05) is 25.1 Å². The summed E-state index contributed by atoms with van der Waals surface area (Å²) in [6, 6.07) is 5.69. The van der Waals surface area contributed by atoms with Crippen molar-refractivity contribution in [3.05, 3.63) is 29.9 Å². The quantitative estimate of drug-likeness (QED) is 0.855. The summed E-state index contributed by atoms with van der Waals surface area (Å²) in [5.41, 5.74) is 7.23. The van der Waals surface area contributed by atoms with Crippen LogP contribution in [-0.4, -0.2) is 11.8 Å². The summed E-state index contributed by atoms with van der Waals surface area (Å²) in [4.78, 5) is 4.34. The smallest absolute Gasteiger partial charge is 0.231 e. The highest BCUT2D eigenvalue weighted by molar-refractivity contribution is 5.65. The molecule has 0 bridgehead atoms. The van der Waals surface area contributed by atoms with Gasteiger partial charge >= 0.3 is 0 Å². The lowest BCUT2D eigenvalue weighted by Gasteiger charge is -2.00. The van der Waals surface area contributed by atoms with E-state index >= 15 is 0 Å². The summed E-state index contributed by atoms with van der Waals surface area (Å²) in [5, 5.41) is 0. The Morgan fingerprint density at radius 3 is 2.88 bits per heavy atom. The number of nitrogens with two attached hydrogens (primary N) is 1. The van der Waals surface area contributed by atoms with Gasteiger partial charge in [0.15, 0.2) is 11.5 Å². The third-order valence-electron chi connectivity index (χ3n) is 2.66. The van der Waals surface area contributed by atoms with Gasteiger partial charge in [-0.05, 0) is 25.1 Å². The van der Waals surface area contributed by atoms with Crippen molar-refractivity contribution < 1.29 is 13.9 Å². The molecule has 3 rings (SSSR count). The van der Waals surface area contributed by atoms with Gasteiger partial charge in [-0.3, -0.25) is 0 Å². The van der Waals surface area contributed by atoms with Gasteiger partial charge in [0.25, 0.3) is 0 Å². The van der Waals surface area contributed by atoms with Crippen LogP contribution in [-0.2, 0) is 6.54 Å². The Morgan fingerprint density at radius 2 is 2.12 bits per heavy atom. The summed E-state index contributed by atoms with van der Waals surface area (Å²) < 4.78 is 16.0. The molecular formula is C12H12N2O3. The predicted molar refractivity (Wildman–Crippen MR) is 60.7 cm³/mol. The fraction of sp³-hybridized carbons (Fsp3) is 0.250. The van der Waals surface area contributed by atoms with Crippen molar-refractivity contribution in [2.45, 2.75) is 13.5 Å². The number of fused-ring (bicyclic) bond motifs is 1. The summed E-state index contributed by atoms with van der Waals surface area (Å²) in [7, 11) is 0. The second-order valence-electron chi connectivity index (χ2n) is 3.78. The lowest BCUT2D eigenvalue weighted by Crippen LogP contribution is -1.95. The average molecular weight is 232 g/mol. The van der Waals surface area contributed by atoms with Crippen LogP contribution in [0.2, 0.25) is 0 Å². The van der Waals surface area contributed by atoms with Crippen LogP contribution in [0.1, 0.15) is 11.7 Å². The molecule has 0 saturated heterocycles. The van der Waals surface area contributed by atoms with E-state index in [9.17, 15) is 0 Å². The third-order valence-corrected chi connectivity index (χ3v) is 2.66. The lowest BCUT2D eigenvalue weighted by molar-refractivity contribution is 0.174. The van der Waals surface area contributed by atoms with Crippen LogP contribution in [0.25, 0.3) is 11.3 Å². The zero-order valence-electron chi connectivity index (χ0n) is 9.40. The topological polar surface area (TPSA) is 70.5 Å². The molecule has 0 unspecified atom stereocenters. The molecule has 2 heterocycles. The van der Waals surface area contributed by atoms with Gasteiger partial charge in [-0.2, -0.15) is 0 Å². The second-order valence-corrected chi connectivity index (χ2v) is 3.78. The van der Waals surface area contributed by atoms with E-state index in [0.29, 0.717) is 12.4 Å². The normalized spacial score (nSPS) is 13.1. The van der Waals surface area contributed by atoms with Crippen molar-refractivity contribution in [3.63, 3.8) is 0 Å². The molecule has 0 aliphatic carbocycles. The first kappa shape index (κ1) is 10.2. The molecule has 1 aromatic heterocycles. The van der Waals surface area contributed by atoms with Gasteiger partial charge in [0, 0.05) is 5.56 Å². The molecule has 2 aromatic rings. The maximum absolute atomic E-state index is 5.50. The summed E-state index contributed by atoms with van der Waals surface area (Å²) >= 11 is 0. The molecule has 17 heavy (non-hydrogen) atoms. The zero-order valence-corrected chi connectivity index (χ0v) is 9.40. The highest BCUT2D eigenvalue weighted by Gasteiger charge is 2.17. The van der Waals surface area contributed by atoms with E-state index in [-0.39, 0.29) is 6.79 Å². The van der Waals surface area contributed by atoms with E-state index in [1.54, 1.807) is 0 Å². The monoisotopic (exact) mass is 232 g/mol. The summed E-state index contributed by atoms with van der Waals surface area (Å²) in [6.45, 7) is 2.43. The highest BCUT2D eigenvalue weighted by atomic mass is 16.7. The molecule has 0 spiro atoms. The Morgan fingerprint density at radius 1 is 1.29 bits per heavy atom. The van der Waals surface area contributed by atoms with Crippen LogP contribution in [0.3, 0.4) is 0 Å². The minimum Gasteiger partial charge on any atom is -0.454 e. The van der Waals surface area contributed by atoms with Crippen molar-refractivity contribution >= 4 is 0 Å². The van der Waals surface area contributed by atoms with Crippen LogP contribution in [0.4, 0.5) is 0 Å². The van der Waals surface area contributed by atoms with Gasteiger partial charge in [-0.1, -0.05) is 0 Å². The van der Waals surface area contributed by atoms with Crippen molar-refractivity contribution in [3.8, 4) is 22.8 Å². The molecule has 88 valence electrons. The number of rotatable bonds is 2.